The Balaban J connectivity index is 2.92. The Bertz CT molecular complexity index is 526. The van der Waals surface area contributed by atoms with Crippen LogP contribution in [0.25, 0.3) is 0 Å². The van der Waals surface area contributed by atoms with Crippen molar-refractivity contribution < 1.29 is 19.5 Å². The molecule has 0 radical (unpaired) electrons. The van der Waals surface area contributed by atoms with Crippen LogP contribution in [0.3, 0.4) is 0 Å². The van der Waals surface area contributed by atoms with Gasteiger partial charge in [-0.2, -0.15) is 0 Å². The third-order valence-corrected chi connectivity index (χ3v) is 2.60. The Hall–Kier alpha value is -2.37. The van der Waals surface area contributed by atoms with E-state index in [1.165, 1.54) is 19.1 Å². The topological polar surface area (TPSA) is 95.5 Å². The Morgan fingerprint density at radius 3 is 2.45 bits per heavy atom. The minimum Gasteiger partial charge on any atom is -0.478 e. The lowest BCUT2D eigenvalue weighted by molar-refractivity contribution is -0.116. The highest BCUT2D eigenvalue weighted by Gasteiger charge is 2.13. The van der Waals surface area contributed by atoms with Crippen LogP contribution in [0, 0.1) is 0 Å². The van der Waals surface area contributed by atoms with Crippen molar-refractivity contribution in [3.8, 4) is 0 Å². The SMILES string of the molecule is CCCCC(=O)Nc1ccc(NC(C)=O)cc1C(=O)O. The molecule has 2 amide bonds. The number of hydrogen-bond donors (Lipinski definition) is 3. The largest absolute Gasteiger partial charge is 0.478 e. The van der Waals surface area contributed by atoms with Crippen LogP contribution in [0.5, 0.6) is 0 Å². The lowest BCUT2D eigenvalue weighted by Crippen LogP contribution is -2.15. The summed E-state index contributed by atoms with van der Waals surface area (Å²) in [6, 6.07) is 4.33. The molecule has 1 rings (SSSR count). The second-order valence-corrected chi connectivity index (χ2v) is 4.40. The van der Waals surface area contributed by atoms with Gasteiger partial charge in [-0.25, -0.2) is 4.79 Å². The van der Waals surface area contributed by atoms with E-state index in [-0.39, 0.29) is 23.1 Å². The molecule has 0 spiro atoms. The van der Waals surface area contributed by atoms with E-state index in [0.29, 0.717) is 12.1 Å². The third kappa shape index (κ3) is 4.72. The van der Waals surface area contributed by atoms with Gasteiger partial charge in [-0.1, -0.05) is 13.3 Å². The number of aromatic carboxylic acids is 1. The van der Waals surface area contributed by atoms with Crippen LogP contribution in [0.2, 0.25) is 0 Å². The van der Waals surface area contributed by atoms with E-state index in [1.54, 1.807) is 6.07 Å². The Labute approximate surface area is 117 Å². The maximum Gasteiger partial charge on any atom is 0.337 e. The zero-order chi connectivity index (χ0) is 15.1. The van der Waals surface area contributed by atoms with Gasteiger partial charge in [-0.05, 0) is 24.6 Å². The van der Waals surface area contributed by atoms with Crippen molar-refractivity contribution in [3.63, 3.8) is 0 Å². The first-order valence-electron chi connectivity index (χ1n) is 6.38. The second-order valence-electron chi connectivity index (χ2n) is 4.40. The molecule has 0 fully saturated rings. The highest BCUT2D eigenvalue weighted by atomic mass is 16.4. The normalized spacial score (nSPS) is 9.90. The Morgan fingerprint density at radius 2 is 1.90 bits per heavy atom. The standard InChI is InChI=1S/C14H18N2O4/c1-3-4-5-13(18)16-12-7-6-10(15-9(2)17)8-11(12)14(19)20/h6-8H,3-5H2,1-2H3,(H,15,17)(H,16,18)(H,19,20). The second kappa shape index (κ2) is 7.28. The molecule has 3 N–H and O–H groups in total. The average molecular weight is 278 g/mol. The number of carboxylic acids is 1. The number of hydrogen-bond acceptors (Lipinski definition) is 3. The molecule has 0 aliphatic heterocycles. The van der Waals surface area contributed by atoms with Crippen LogP contribution in [0.15, 0.2) is 18.2 Å². The summed E-state index contributed by atoms with van der Waals surface area (Å²) < 4.78 is 0. The van der Waals surface area contributed by atoms with E-state index in [0.717, 1.165) is 12.8 Å². The summed E-state index contributed by atoms with van der Waals surface area (Å²) in [5, 5.41) is 14.2. The molecule has 108 valence electrons. The monoisotopic (exact) mass is 278 g/mol. The van der Waals surface area contributed by atoms with Gasteiger partial charge >= 0.3 is 5.97 Å². The molecule has 0 aliphatic rings. The van der Waals surface area contributed by atoms with Gasteiger partial charge in [0, 0.05) is 19.0 Å². The fraction of sp³-hybridized carbons (Fsp3) is 0.357. The van der Waals surface area contributed by atoms with E-state index >= 15 is 0 Å². The minimum atomic E-state index is -1.16. The van der Waals surface area contributed by atoms with E-state index in [2.05, 4.69) is 10.6 Å². The van der Waals surface area contributed by atoms with Crippen LogP contribution >= 0.6 is 0 Å². The first-order valence-corrected chi connectivity index (χ1v) is 6.38. The molecule has 0 aliphatic carbocycles. The number of unbranched alkanes of at least 4 members (excludes halogenated alkanes) is 1. The van der Waals surface area contributed by atoms with Gasteiger partial charge in [0.05, 0.1) is 11.3 Å². The lowest BCUT2D eigenvalue weighted by atomic mass is 10.1. The number of rotatable bonds is 6. The number of carboxylic acid groups (broad SMARTS) is 1. The van der Waals surface area contributed by atoms with Gasteiger partial charge in [-0.15, -0.1) is 0 Å². The number of nitrogens with one attached hydrogen (secondary N) is 2. The number of benzene rings is 1. The average Bonchev–Trinajstić information content (AvgIpc) is 2.37. The van der Waals surface area contributed by atoms with Crippen molar-refractivity contribution in [2.45, 2.75) is 33.1 Å². The van der Waals surface area contributed by atoms with Crippen LogP contribution in [-0.4, -0.2) is 22.9 Å². The summed E-state index contributed by atoms with van der Waals surface area (Å²) in [4.78, 5) is 33.8. The molecule has 6 heteroatoms. The highest BCUT2D eigenvalue weighted by Crippen LogP contribution is 2.21. The van der Waals surface area contributed by atoms with Gasteiger partial charge in [0.2, 0.25) is 11.8 Å². The van der Waals surface area contributed by atoms with Gasteiger partial charge < -0.3 is 15.7 Å². The minimum absolute atomic E-state index is 0.0545. The maximum absolute atomic E-state index is 11.6. The molecule has 0 saturated carbocycles. The Morgan fingerprint density at radius 1 is 1.20 bits per heavy atom. The highest BCUT2D eigenvalue weighted by molar-refractivity contribution is 6.02. The van der Waals surface area contributed by atoms with Crippen molar-refractivity contribution in [1.29, 1.82) is 0 Å². The van der Waals surface area contributed by atoms with Gasteiger partial charge in [0.1, 0.15) is 0 Å². The molecule has 6 nitrogen and oxygen atoms in total. The summed E-state index contributed by atoms with van der Waals surface area (Å²) in [5.41, 5.74) is 0.551. The molecule has 1 aromatic carbocycles. The molecule has 0 heterocycles. The zero-order valence-electron chi connectivity index (χ0n) is 11.5. The first kappa shape index (κ1) is 15.7. The molecule has 0 saturated heterocycles. The molecule has 20 heavy (non-hydrogen) atoms. The molecule has 0 aromatic heterocycles. The fourth-order valence-electron chi connectivity index (χ4n) is 1.66. The molecule has 1 aromatic rings. The van der Waals surface area contributed by atoms with Gasteiger partial charge in [-0.3, -0.25) is 9.59 Å². The summed E-state index contributed by atoms with van der Waals surface area (Å²) in [6.07, 6.45) is 1.99. The number of carbonyl (C=O) groups excluding carboxylic acids is 2. The molecule has 0 bridgehead atoms. The van der Waals surface area contributed by atoms with Crippen LogP contribution < -0.4 is 10.6 Å². The van der Waals surface area contributed by atoms with Crippen LogP contribution in [-0.2, 0) is 9.59 Å². The van der Waals surface area contributed by atoms with Crippen molar-refractivity contribution in [1.82, 2.24) is 0 Å². The molecule has 0 atom stereocenters. The molecular weight excluding hydrogens is 260 g/mol. The predicted molar refractivity (Wildman–Crippen MR) is 75.9 cm³/mol. The van der Waals surface area contributed by atoms with Gasteiger partial charge in [0.25, 0.3) is 0 Å². The first-order chi connectivity index (χ1) is 9.43. The summed E-state index contributed by atoms with van der Waals surface area (Å²) in [5.74, 6) is -1.68. The molecular formula is C14H18N2O4. The summed E-state index contributed by atoms with van der Waals surface area (Å²) >= 11 is 0. The number of anilines is 2. The quantitative estimate of drug-likeness (QED) is 0.744. The van der Waals surface area contributed by atoms with Crippen LogP contribution in [0.1, 0.15) is 43.5 Å². The lowest BCUT2D eigenvalue weighted by Gasteiger charge is -2.10. The van der Waals surface area contributed by atoms with Crippen LogP contribution in [0.4, 0.5) is 11.4 Å². The van der Waals surface area contributed by atoms with E-state index in [1.807, 2.05) is 6.92 Å². The van der Waals surface area contributed by atoms with E-state index in [9.17, 15) is 14.4 Å². The van der Waals surface area contributed by atoms with Gasteiger partial charge in [0.15, 0.2) is 0 Å². The van der Waals surface area contributed by atoms with Crippen molar-refractivity contribution in [2.24, 2.45) is 0 Å². The van der Waals surface area contributed by atoms with Crippen molar-refractivity contribution in [2.75, 3.05) is 10.6 Å². The van der Waals surface area contributed by atoms with Crippen molar-refractivity contribution >= 4 is 29.2 Å². The third-order valence-electron chi connectivity index (χ3n) is 2.60. The maximum atomic E-state index is 11.6. The number of amides is 2. The molecule has 0 unspecified atom stereocenters. The summed E-state index contributed by atoms with van der Waals surface area (Å²) in [6.45, 7) is 3.30. The van der Waals surface area contributed by atoms with E-state index in [4.69, 9.17) is 5.11 Å². The van der Waals surface area contributed by atoms with Crippen molar-refractivity contribution in [3.05, 3.63) is 23.8 Å². The zero-order valence-corrected chi connectivity index (χ0v) is 11.5. The fourth-order valence-corrected chi connectivity index (χ4v) is 1.66. The number of carbonyl (C=O) groups is 3. The Kier molecular flexibility index (Phi) is 5.71. The van der Waals surface area contributed by atoms with E-state index < -0.39 is 5.97 Å². The smallest absolute Gasteiger partial charge is 0.337 e. The summed E-state index contributed by atoms with van der Waals surface area (Å²) in [7, 11) is 0. The predicted octanol–water partition coefficient (Wildman–Crippen LogP) is 2.47.